The van der Waals surface area contributed by atoms with Gasteiger partial charge in [0.1, 0.15) is 0 Å². The molecule has 0 atom stereocenters. The molecule has 0 unspecified atom stereocenters. The average molecular weight is 196 g/mol. The van der Waals surface area contributed by atoms with E-state index in [0.29, 0.717) is 0 Å². The maximum absolute atomic E-state index is 4.41. The molecule has 1 aliphatic rings. The van der Waals surface area contributed by atoms with E-state index in [0.717, 1.165) is 25.5 Å². The molecule has 0 aromatic carbocycles. The van der Waals surface area contributed by atoms with Crippen LogP contribution in [0, 0.1) is 0 Å². The summed E-state index contributed by atoms with van der Waals surface area (Å²) in [4.78, 5) is 9.95. The third kappa shape index (κ3) is 2.26. The quantitative estimate of drug-likeness (QED) is 0.715. The van der Waals surface area contributed by atoms with E-state index in [1.54, 1.807) is 0 Å². The van der Waals surface area contributed by atoms with Crippen molar-refractivity contribution in [2.45, 2.75) is 26.8 Å². The highest BCUT2D eigenvalue weighted by Gasteiger charge is 2.16. The van der Waals surface area contributed by atoms with Crippen molar-refractivity contribution in [3.8, 4) is 0 Å². The lowest BCUT2D eigenvalue weighted by atomic mass is 10.2. The summed E-state index contributed by atoms with van der Waals surface area (Å²) in [5.74, 6) is 0.885. The second-order valence-electron chi connectivity index (χ2n) is 3.25. The molecule has 0 radical (unpaired) electrons. The average Bonchev–Trinajstić information content (AvgIpc) is 2.62. The Morgan fingerprint density at radius 1 is 1.43 bits per heavy atom. The molecule has 0 bridgehead atoms. The number of anilines is 1. The summed E-state index contributed by atoms with van der Waals surface area (Å²) < 4.78 is 0. The third-order valence-electron chi connectivity index (χ3n) is 2.26. The Kier molecular flexibility index (Phi) is 3.95. The van der Waals surface area contributed by atoms with Gasteiger partial charge in [0.15, 0.2) is 5.95 Å². The van der Waals surface area contributed by atoms with Crippen LogP contribution in [-0.4, -0.2) is 35.5 Å². The molecule has 14 heavy (non-hydrogen) atoms. The first kappa shape index (κ1) is 11.0. The molecule has 0 fully saturated rings. The number of nitrogens with zero attached hydrogens (tertiary/aromatic N) is 2. The minimum Gasteiger partial charge on any atom is -0.359 e. The molecule has 0 aliphatic carbocycles. The molecule has 2 heterocycles. The molecule has 0 saturated carbocycles. The van der Waals surface area contributed by atoms with Crippen LogP contribution in [-0.2, 0) is 13.0 Å². The zero-order valence-corrected chi connectivity index (χ0v) is 9.52. The molecule has 1 aliphatic heterocycles. The fraction of sp³-hybridized carbons (Fsp3) is 0.700. The van der Waals surface area contributed by atoms with Gasteiger partial charge < -0.3 is 15.2 Å². The summed E-state index contributed by atoms with van der Waals surface area (Å²) >= 11 is 0. The van der Waals surface area contributed by atoms with Gasteiger partial charge >= 0.3 is 0 Å². The molecule has 4 nitrogen and oxygen atoms in total. The molecule has 1 aromatic rings. The SMILES string of the molecule is CC.CNc1nc2c([nH]1)CN(C)CC2. The zero-order valence-electron chi connectivity index (χ0n) is 9.52. The van der Waals surface area contributed by atoms with E-state index in [1.165, 1.54) is 11.4 Å². The molecule has 0 spiro atoms. The lowest BCUT2D eigenvalue weighted by molar-refractivity contribution is 0.307. The molecule has 0 amide bonds. The molecule has 2 N–H and O–H groups in total. The number of likely N-dealkylation sites (N-methyl/N-ethyl adjacent to an activating group) is 1. The van der Waals surface area contributed by atoms with Crippen molar-refractivity contribution in [2.24, 2.45) is 0 Å². The number of rotatable bonds is 1. The second kappa shape index (κ2) is 5.00. The molecule has 2 rings (SSSR count). The lowest BCUT2D eigenvalue weighted by Gasteiger charge is -2.20. The number of hydrogen-bond donors (Lipinski definition) is 2. The van der Waals surface area contributed by atoms with Crippen molar-refractivity contribution >= 4 is 5.95 Å². The van der Waals surface area contributed by atoms with Gasteiger partial charge in [0.05, 0.1) is 11.4 Å². The first-order valence-electron chi connectivity index (χ1n) is 5.23. The highest BCUT2D eigenvalue weighted by Crippen LogP contribution is 2.16. The highest BCUT2D eigenvalue weighted by molar-refractivity contribution is 5.31. The van der Waals surface area contributed by atoms with Crippen LogP contribution >= 0.6 is 0 Å². The van der Waals surface area contributed by atoms with Crippen LogP contribution in [0.3, 0.4) is 0 Å². The van der Waals surface area contributed by atoms with Gasteiger partial charge in [-0.2, -0.15) is 0 Å². The Labute approximate surface area is 85.7 Å². The zero-order chi connectivity index (χ0) is 10.6. The van der Waals surface area contributed by atoms with Gasteiger partial charge in [-0.15, -0.1) is 0 Å². The van der Waals surface area contributed by atoms with Crippen molar-refractivity contribution in [2.75, 3.05) is 26.0 Å². The number of fused-ring (bicyclic) bond motifs is 1. The maximum atomic E-state index is 4.41. The maximum Gasteiger partial charge on any atom is 0.200 e. The number of aromatic nitrogens is 2. The van der Waals surface area contributed by atoms with Crippen molar-refractivity contribution in [1.29, 1.82) is 0 Å². The van der Waals surface area contributed by atoms with E-state index < -0.39 is 0 Å². The van der Waals surface area contributed by atoms with Gasteiger partial charge in [-0.05, 0) is 7.05 Å². The van der Waals surface area contributed by atoms with Gasteiger partial charge in [0.2, 0.25) is 0 Å². The third-order valence-corrected chi connectivity index (χ3v) is 2.26. The van der Waals surface area contributed by atoms with E-state index in [9.17, 15) is 0 Å². The van der Waals surface area contributed by atoms with Gasteiger partial charge in [0.25, 0.3) is 0 Å². The number of imidazole rings is 1. The van der Waals surface area contributed by atoms with E-state index in [-0.39, 0.29) is 0 Å². The summed E-state index contributed by atoms with van der Waals surface area (Å²) in [6.07, 6.45) is 1.06. The van der Waals surface area contributed by atoms with Crippen molar-refractivity contribution in [1.82, 2.24) is 14.9 Å². The van der Waals surface area contributed by atoms with Crippen LogP contribution in [0.2, 0.25) is 0 Å². The van der Waals surface area contributed by atoms with Gasteiger partial charge in [-0.25, -0.2) is 4.98 Å². The monoisotopic (exact) mass is 196 g/mol. The minimum atomic E-state index is 0.885. The molecule has 4 heteroatoms. The Bertz CT molecular complexity index is 280. The first-order chi connectivity index (χ1) is 6.79. The summed E-state index contributed by atoms with van der Waals surface area (Å²) in [5, 5.41) is 3.01. The fourth-order valence-corrected chi connectivity index (χ4v) is 1.55. The van der Waals surface area contributed by atoms with Crippen LogP contribution in [0.25, 0.3) is 0 Å². The minimum absolute atomic E-state index is 0.885. The predicted octanol–water partition coefficient (Wildman–Crippen LogP) is 1.47. The van der Waals surface area contributed by atoms with Crippen molar-refractivity contribution in [3.63, 3.8) is 0 Å². The van der Waals surface area contributed by atoms with Crippen LogP contribution in [0.5, 0.6) is 0 Å². The van der Waals surface area contributed by atoms with Crippen molar-refractivity contribution in [3.05, 3.63) is 11.4 Å². The molecule has 80 valence electrons. The molecular formula is C10H20N4. The van der Waals surface area contributed by atoms with Crippen LogP contribution in [0.1, 0.15) is 25.2 Å². The van der Waals surface area contributed by atoms with Crippen LogP contribution in [0.15, 0.2) is 0 Å². The van der Waals surface area contributed by atoms with Crippen LogP contribution < -0.4 is 5.32 Å². The van der Waals surface area contributed by atoms with Crippen LogP contribution in [0.4, 0.5) is 5.95 Å². The Morgan fingerprint density at radius 3 is 2.79 bits per heavy atom. The Morgan fingerprint density at radius 2 is 2.14 bits per heavy atom. The summed E-state index contributed by atoms with van der Waals surface area (Å²) in [5.41, 5.74) is 2.48. The van der Waals surface area contributed by atoms with Crippen molar-refractivity contribution < 1.29 is 0 Å². The number of nitrogens with one attached hydrogen (secondary N) is 2. The van der Waals surface area contributed by atoms with E-state index in [2.05, 4.69) is 27.2 Å². The largest absolute Gasteiger partial charge is 0.359 e. The molecular weight excluding hydrogens is 176 g/mol. The highest BCUT2D eigenvalue weighted by atomic mass is 15.2. The number of H-pyrrole nitrogens is 1. The van der Waals surface area contributed by atoms with E-state index >= 15 is 0 Å². The predicted molar refractivity (Wildman–Crippen MR) is 59.5 cm³/mol. The number of hydrogen-bond acceptors (Lipinski definition) is 3. The number of aromatic amines is 1. The topological polar surface area (TPSA) is 44.0 Å². The standard InChI is InChI=1S/C8H14N4.C2H6/c1-9-8-10-6-3-4-12(2)5-7(6)11-8;1-2/h3-5H2,1-2H3,(H2,9,10,11);1-2H3. The second-order valence-corrected chi connectivity index (χ2v) is 3.25. The molecule has 1 aromatic heterocycles. The van der Waals surface area contributed by atoms with Gasteiger partial charge in [-0.1, -0.05) is 13.8 Å². The Hall–Kier alpha value is -1.03. The Balaban J connectivity index is 0.000000461. The fourth-order valence-electron chi connectivity index (χ4n) is 1.55. The van der Waals surface area contributed by atoms with Gasteiger partial charge in [0, 0.05) is 26.6 Å². The normalized spacial score (nSPS) is 15.4. The molecule has 0 saturated heterocycles. The lowest BCUT2D eigenvalue weighted by Crippen LogP contribution is -2.26. The van der Waals surface area contributed by atoms with E-state index in [4.69, 9.17) is 0 Å². The first-order valence-corrected chi connectivity index (χ1v) is 5.23. The summed E-state index contributed by atoms with van der Waals surface area (Å²) in [6.45, 7) is 6.10. The van der Waals surface area contributed by atoms with E-state index in [1.807, 2.05) is 20.9 Å². The van der Waals surface area contributed by atoms with Gasteiger partial charge in [-0.3, -0.25) is 0 Å². The summed E-state index contributed by atoms with van der Waals surface area (Å²) in [7, 11) is 4.01. The summed E-state index contributed by atoms with van der Waals surface area (Å²) in [6, 6.07) is 0. The smallest absolute Gasteiger partial charge is 0.200 e.